The smallest absolute Gasteiger partial charge is 0.149 e. The number of halogens is 2. The van der Waals surface area contributed by atoms with E-state index >= 15 is 0 Å². The van der Waals surface area contributed by atoms with Crippen LogP contribution in [0.3, 0.4) is 0 Å². The van der Waals surface area contributed by atoms with Crippen LogP contribution in [0.5, 0.6) is 0 Å². The predicted octanol–water partition coefficient (Wildman–Crippen LogP) is 2.76. The number of hydrogen-bond donors (Lipinski definition) is 1. The summed E-state index contributed by atoms with van der Waals surface area (Å²) >= 11 is 0. The molecule has 0 aliphatic rings. The van der Waals surface area contributed by atoms with Gasteiger partial charge in [0.05, 0.1) is 6.04 Å². The molecule has 0 amide bonds. The van der Waals surface area contributed by atoms with Gasteiger partial charge in [0.2, 0.25) is 0 Å². The molecule has 0 radical (unpaired) electrons. The summed E-state index contributed by atoms with van der Waals surface area (Å²) in [6.45, 7) is 4.02. The molecular weight excluding hydrogens is 248 g/mol. The second kappa shape index (κ2) is 5.84. The molecule has 2 rings (SSSR count). The van der Waals surface area contributed by atoms with Gasteiger partial charge in [-0.15, -0.1) is 0 Å². The van der Waals surface area contributed by atoms with Crippen LogP contribution in [-0.2, 0) is 0 Å². The van der Waals surface area contributed by atoms with Crippen molar-refractivity contribution in [3.8, 4) is 0 Å². The zero-order valence-corrected chi connectivity index (χ0v) is 10.8. The lowest BCUT2D eigenvalue weighted by Gasteiger charge is -2.18. The molecular formula is C14H15F2N3. The summed E-state index contributed by atoms with van der Waals surface area (Å²) in [5, 5.41) is 3.02. The molecule has 1 N–H and O–H groups in total. The van der Waals surface area contributed by atoms with Gasteiger partial charge in [-0.1, -0.05) is 13.0 Å². The largest absolute Gasteiger partial charge is 0.304 e. The summed E-state index contributed by atoms with van der Waals surface area (Å²) < 4.78 is 28.1. The first-order valence-electron chi connectivity index (χ1n) is 6.10. The second-order valence-electron chi connectivity index (χ2n) is 4.19. The number of hydrogen-bond acceptors (Lipinski definition) is 3. The molecule has 0 saturated heterocycles. The third-order valence-electron chi connectivity index (χ3n) is 2.86. The van der Waals surface area contributed by atoms with Crippen molar-refractivity contribution in [1.82, 2.24) is 15.3 Å². The Hall–Kier alpha value is -1.88. The summed E-state index contributed by atoms with van der Waals surface area (Å²) in [6.07, 6.45) is 3.11. The van der Waals surface area contributed by atoms with Crippen molar-refractivity contribution in [1.29, 1.82) is 0 Å². The molecule has 0 aliphatic heterocycles. The van der Waals surface area contributed by atoms with E-state index in [4.69, 9.17) is 0 Å². The minimum absolute atomic E-state index is 0.0342. The van der Waals surface area contributed by atoms with Crippen molar-refractivity contribution in [2.45, 2.75) is 19.9 Å². The molecule has 19 heavy (non-hydrogen) atoms. The molecule has 0 saturated carbocycles. The molecule has 1 aromatic carbocycles. The molecule has 1 aromatic heterocycles. The maximum Gasteiger partial charge on any atom is 0.149 e. The van der Waals surface area contributed by atoms with Crippen LogP contribution in [0, 0.1) is 18.6 Å². The van der Waals surface area contributed by atoms with Crippen molar-refractivity contribution < 1.29 is 8.78 Å². The lowest BCUT2D eigenvalue weighted by molar-refractivity contribution is 0.495. The Labute approximate surface area is 110 Å². The Morgan fingerprint density at radius 3 is 2.53 bits per heavy atom. The van der Waals surface area contributed by atoms with E-state index in [1.807, 2.05) is 6.92 Å². The minimum atomic E-state index is -0.689. The standard InChI is InChI=1S/C14H15F2N3/c1-3-17-13(14-18-7-4-8-19-14)11-10(15)6-5-9(2)12(11)16/h4-8,13,17H,3H2,1-2H3. The van der Waals surface area contributed by atoms with Gasteiger partial charge >= 0.3 is 0 Å². The van der Waals surface area contributed by atoms with Gasteiger partial charge in [0.25, 0.3) is 0 Å². The fourth-order valence-electron chi connectivity index (χ4n) is 1.93. The minimum Gasteiger partial charge on any atom is -0.304 e. The molecule has 1 atom stereocenters. The van der Waals surface area contributed by atoms with Gasteiger partial charge in [-0.2, -0.15) is 0 Å². The summed E-state index contributed by atoms with van der Waals surface area (Å²) in [4.78, 5) is 8.16. The highest BCUT2D eigenvalue weighted by Crippen LogP contribution is 2.26. The van der Waals surface area contributed by atoms with Gasteiger partial charge in [0.1, 0.15) is 17.5 Å². The molecule has 2 aromatic rings. The fraction of sp³-hybridized carbons (Fsp3) is 0.286. The van der Waals surface area contributed by atoms with Crippen LogP contribution >= 0.6 is 0 Å². The molecule has 3 nitrogen and oxygen atoms in total. The molecule has 100 valence electrons. The van der Waals surface area contributed by atoms with Gasteiger partial charge in [-0.05, 0) is 31.2 Å². The molecule has 1 unspecified atom stereocenters. The van der Waals surface area contributed by atoms with E-state index in [2.05, 4.69) is 15.3 Å². The molecule has 0 fully saturated rings. The van der Waals surface area contributed by atoms with Gasteiger partial charge in [-0.3, -0.25) is 0 Å². The van der Waals surface area contributed by atoms with Crippen LogP contribution < -0.4 is 5.32 Å². The third-order valence-corrected chi connectivity index (χ3v) is 2.86. The lowest BCUT2D eigenvalue weighted by Crippen LogP contribution is -2.26. The molecule has 0 bridgehead atoms. The van der Waals surface area contributed by atoms with E-state index in [1.54, 1.807) is 25.4 Å². The molecule has 5 heteroatoms. The van der Waals surface area contributed by atoms with Crippen LogP contribution in [0.15, 0.2) is 30.6 Å². The van der Waals surface area contributed by atoms with Crippen molar-refractivity contribution in [2.24, 2.45) is 0 Å². The maximum absolute atomic E-state index is 14.2. The monoisotopic (exact) mass is 263 g/mol. The quantitative estimate of drug-likeness (QED) is 0.921. The van der Waals surface area contributed by atoms with Crippen LogP contribution in [0.1, 0.15) is 29.9 Å². The normalized spacial score (nSPS) is 12.4. The van der Waals surface area contributed by atoms with Gasteiger partial charge in [0.15, 0.2) is 0 Å². The number of rotatable bonds is 4. The zero-order chi connectivity index (χ0) is 13.8. The van der Waals surface area contributed by atoms with Gasteiger partial charge in [0, 0.05) is 18.0 Å². The number of aromatic nitrogens is 2. The Kier molecular flexibility index (Phi) is 4.16. The number of aryl methyl sites for hydroxylation is 1. The Morgan fingerprint density at radius 2 is 1.89 bits per heavy atom. The van der Waals surface area contributed by atoms with E-state index in [-0.39, 0.29) is 5.56 Å². The molecule has 1 heterocycles. The van der Waals surface area contributed by atoms with Crippen LogP contribution in [0.2, 0.25) is 0 Å². The van der Waals surface area contributed by atoms with E-state index in [0.717, 1.165) is 0 Å². The number of benzene rings is 1. The summed E-state index contributed by atoms with van der Waals surface area (Å²) in [5.74, 6) is -0.798. The third kappa shape index (κ3) is 2.76. The van der Waals surface area contributed by atoms with E-state index in [0.29, 0.717) is 17.9 Å². The van der Waals surface area contributed by atoms with Crippen molar-refractivity contribution in [2.75, 3.05) is 6.54 Å². The van der Waals surface area contributed by atoms with E-state index in [1.165, 1.54) is 12.1 Å². The SMILES string of the molecule is CCNC(c1ncccn1)c1c(F)ccc(C)c1F. The molecule has 0 spiro atoms. The Balaban J connectivity index is 2.54. The summed E-state index contributed by atoms with van der Waals surface area (Å²) in [7, 11) is 0. The van der Waals surface area contributed by atoms with Crippen molar-refractivity contribution >= 4 is 0 Å². The summed E-state index contributed by atoms with van der Waals surface area (Å²) in [6, 6.07) is 3.66. The second-order valence-corrected chi connectivity index (χ2v) is 4.19. The highest BCUT2D eigenvalue weighted by atomic mass is 19.1. The van der Waals surface area contributed by atoms with Crippen LogP contribution in [-0.4, -0.2) is 16.5 Å². The van der Waals surface area contributed by atoms with Crippen LogP contribution in [0.4, 0.5) is 8.78 Å². The maximum atomic E-state index is 14.2. The van der Waals surface area contributed by atoms with Gasteiger partial charge in [-0.25, -0.2) is 18.7 Å². The first-order valence-corrected chi connectivity index (χ1v) is 6.10. The Bertz CT molecular complexity index is 558. The van der Waals surface area contributed by atoms with E-state index in [9.17, 15) is 8.78 Å². The lowest BCUT2D eigenvalue weighted by atomic mass is 10.0. The molecule has 0 aliphatic carbocycles. The predicted molar refractivity (Wildman–Crippen MR) is 68.6 cm³/mol. The highest BCUT2D eigenvalue weighted by molar-refractivity contribution is 5.32. The summed E-state index contributed by atoms with van der Waals surface area (Å²) in [5.41, 5.74) is 0.364. The topological polar surface area (TPSA) is 37.8 Å². The van der Waals surface area contributed by atoms with Crippen molar-refractivity contribution in [3.63, 3.8) is 0 Å². The first-order chi connectivity index (χ1) is 9.15. The average molecular weight is 263 g/mol. The van der Waals surface area contributed by atoms with Crippen molar-refractivity contribution in [3.05, 3.63) is 59.2 Å². The number of nitrogens with zero attached hydrogens (tertiary/aromatic N) is 2. The van der Waals surface area contributed by atoms with Crippen LogP contribution in [0.25, 0.3) is 0 Å². The highest BCUT2D eigenvalue weighted by Gasteiger charge is 2.24. The van der Waals surface area contributed by atoms with Gasteiger partial charge < -0.3 is 5.32 Å². The average Bonchev–Trinajstić information content (AvgIpc) is 2.43. The number of nitrogens with one attached hydrogen (secondary N) is 1. The first kappa shape index (κ1) is 13.5. The zero-order valence-electron chi connectivity index (χ0n) is 10.8. The fourth-order valence-corrected chi connectivity index (χ4v) is 1.93. The van der Waals surface area contributed by atoms with E-state index < -0.39 is 17.7 Å². The Morgan fingerprint density at radius 1 is 1.21 bits per heavy atom.